The molecule has 0 unspecified atom stereocenters. The molecule has 6 heterocycles. The number of hydrogen-bond donors (Lipinski definition) is 0. The van der Waals surface area contributed by atoms with E-state index in [1.807, 2.05) is 115 Å². The molecule has 0 N–H and O–H groups in total. The fourth-order valence-electron chi connectivity index (χ4n) is 11.3. The second kappa shape index (κ2) is 36.5. The molecule has 0 radical (unpaired) electrons. The van der Waals surface area contributed by atoms with Gasteiger partial charge in [-0.3, -0.25) is 19.9 Å². The Morgan fingerprint density at radius 1 is 0.308 bits per heavy atom. The zero-order valence-corrected chi connectivity index (χ0v) is 65.4. The van der Waals surface area contributed by atoms with E-state index in [0.29, 0.717) is 5.69 Å². The highest BCUT2D eigenvalue weighted by molar-refractivity contribution is 5.79. The SMILES string of the molecule is CC(C)(C)c1c(-c2ccccc2)cncc1-c1ccccc1.CC(C)(C)c1cc(-c2ccccc2)nc(-c2ccccc2)c1.CC(C)(C)c1nc(-c2ccccc2)cc(-c2ccccc2)n1.[2H]C([2H])(C)c1ncccc1C(C)(C)C.[2H]C([2H])([2H])c1cc(C(C)(C)C)cc(C([2H])([2H])C)n1.[2H]C([2H])([2H])c1ccc(C(C)(C)C)c(C([2H])([2H])C)n1. The van der Waals surface area contributed by atoms with Gasteiger partial charge in [0.25, 0.3) is 0 Å². The second-order valence-electron chi connectivity index (χ2n) is 31.8. The van der Waals surface area contributed by atoms with Gasteiger partial charge in [0.05, 0.1) is 22.8 Å². The molecule has 6 aromatic heterocycles. The van der Waals surface area contributed by atoms with Crippen molar-refractivity contribution in [1.82, 2.24) is 34.9 Å². The Morgan fingerprint density at radius 2 is 0.683 bits per heavy atom. The van der Waals surface area contributed by atoms with E-state index < -0.39 is 32.8 Å². The highest BCUT2D eigenvalue weighted by atomic mass is 14.9. The van der Waals surface area contributed by atoms with Gasteiger partial charge in [-0.25, -0.2) is 15.0 Å². The van der Waals surface area contributed by atoms with E-state index in [-0.39, 0.29) is 55.3 Å². The van der Waals surface area contributed by atoms with Crippen molar-refractivity contribution in [2.75, 3.05) is 0 Å². The third-order valence-corrected chi connectivity index (χ3v) is 17.0. The molecule has 0 aliphatic heterocycles. The Balaban J connectivity index is 0.000000194. The molecular formula is C97H117N7. The number of rotatable bonds is 9. The smallest absolute Gasteiger partial charge is 0.135 e. The van der Waals surface area contributed by atoms with Gasteiger partial charge in [-0.15, -0.1) is 0 Å². The van der Waals surface area contributed by atoms with Crippen molar-refractivity contribution < 1.29 is 16.4 Å². The molecule has 0 aliphatic carbocycles. The largest absolute Gasteiger partial charge is 0.263 e. The number of nitrogens with zero attached hydrogens (tertiary/aromatic N) is 7. The molecule has 12 rings (SSSR count). The second-order valence-corrected chi connectivity index (χ2v) is 31.8. The highest BCUT2D eigenvalue weighted by Gasteiger charge is 2.25. The summed E-state index contributed by atoms with van der Waals surface area (Å²) in [6.07, 6.45) is 0.936. The van der Waals surface area contributed by atoms with Crippen LogP contribution >= 0.6 is 0 Å². The monoisotopic (exact) mass is 1390 g/mol. The number of aryl methyl sites for hydroxylation is 5. The molecule has 0 fully saturated rings. The molecule has 0 atom stereocenters. The fourth-order valence-corrected chi connectivity index (χ4v) is 11.3. The molecule has 7 heteroatoms. The van der Waals surface area contributed by atoms with Gasteiger partial charge in [-0.05, 0) is 141 Å². The molecule has 0 bridgehead atoms. The average molecular weight is 1390 g/mol. The molecule has 12 aromatic rings. The number of benzene rings is 6. The summed E-state index contributed by atoms with van der Waals surface area (Å²) in [5.41, 5.74) is 18.9. The van der Waals surface area contributed by atoms with Crippen LogP contribution in [0.5, 0.6) is 0 Å². The topological polar surface area (TPSA) is 90.2 Å². The van der Waals surface area contributed by atoms with Crippen LogP contribution < -0.4 is 0 Å². The summed E-state index contributed by atoms with van der Waals surface area (Å²) in [4.78, 5) is 31.1. The Labute approximate surface area is 643 Å². The molecule has 0 saturated carbocycles. The lowest BCUT2D eigenvalue weighted by molar-refractivity contribution is 0.547. The van der Waals surface area contributed by atoms with Crippen LogP contribution in [-0.2, 0) is 51.6 Å². The predicted octanol–water partition coefficient (Wildman–Crippen LogP) is 26.0. The van der Waals surface area contributed by atoms with Gasteiger partial charge in [0.1, 0.15) is 5.82 Å². The maximum atomic E-state index is 7.82. The highest BCUT2D eigenvalue weighted by Crippen LogP contribution is 2.40. The minimum atomic E-state index is -2.32. The van der Waals surface area contributed by atoms with E-state index in [1.165, 1.54) is 53.3 Å². The lowest BCUT2D eigenvalue weighted by Gasteiger charge is -2.26. The normalized spacial score (nSPS) is 13.9. The number of pyridine rings is 5. The van der Waals surface area contributed by atoms with Gasteiger partial charge in [-0.1, -0.05) is 340 Å². The van der Waals surface area contributed by atoms with Crippen LogP contribution in [-0.4, -0.2) is 34.9 Å². The zero-order chi connectivity index (χ0) is 86.4. The van der Waals surface area contributed by atoms with Crippen molar-refractivity contribution in [3.05, 3.63) is 317 Å². The standard InChI is InChI=1S/2C21H21N.C20H20N2.2C12H19N.C11H17N/c1-21(2,3)20-18(16-10-6-4-7-11-16)14-22-15-19(20)17-12-8-5-9-13-17;1-21(2,3)18-14-19(16-10-6-4-7-11-16)22-20(15-18)17-12-8-5-9-13-17;1-20(2,3)19-21-17(15-10-6-4-7-11-15)14-18(22-19)16-12-8-5-9-13-16;1-6-11-8-10(12(3,4)5)7-9(2)13-11;1-6-11-10(12(3,4)5)8-7-9(2)13-11;1-5-10-9(11(2,3)4)7-6-8-12-10/h2*4-15H,1-3H3;4-14H,1-3H3;2*7-8H,6H2,1-5H3;6-8H,5H2,1-4H3/i;;;2*2D3,6D2;5D2. The first kappa shape index (κ1) is 65.0. The molecule has 7 nitrogen and oxygen atoms in total. The first-order valence-corrected chi connectivity index (χ1v) is 35.8. The van der Waals surface area contributed by atoms with Crippen molar-refractivity contribution >= 4 is 0 Å². The summed E-state index contributed by atoms with van der Waals surface area (Å²) in [5.74, 6) is 0.868. The third kappa shape index (κ3) is 24.1. The zero-order valence-electron chi connectivity index (χ0n) is 77.4. The Kier molecular flexibility index (Phi) is 22.8. The van der Waals surface area contributed by atoms with Crippen LogP contribution in [0.2, 0.25) is 0 Å². The van der Waals surface area contributed by atoms with Gasteiger partial charge < -0.3 is 0 Å². The van der Waals surface area contributed by atoms with Crippen LogP contribution in [0.4, 0.5) is 0 Å². The summed E-state index contributed by atoms with van der Waals surface area (Å²) < 4.78 is 90.7. The first-order valence-electron chi connectivity index (χ1n) is 41.8. The van der Waals surface area contributed by atoms with Gasteiger partial charge in [0.15, 0.2) is 0 Å². The molecule has 0 spiro atoms. The van der Waals surface area contributed by atoms with Crippen molar-refractivity contribution in [3.63, 3.8) is 0 Å². The lowest BCUT2D eigenvalue weighted by atomic mass is 9.78. The minimum Gasteiger partial charge on any atom is -0.263 e. The Bertz CT molecular complexity index is 4690. The van der Waals surface area contributed by atoms with Crippen LogP contribution in [0, 0.1) is 13.7 Å². The van der Waals surface area contributed by atoms with Gasteiger partial charge in [-0.2, -0.15) is 0 Å². The minimum absolute atomic E-state index is 0.0410. The summed E-state index contributed by atoms with van der Waals surface area (Å²) in [6.45, 7) is 37.6. The quantitative estimate of drug-likeness (QED) is 0.142. The van der Waals surface area contributed by atoms with E-state index in [0.717, 1.165) is 67.5 Å². The molecular weight excluding hydrogens is 1260 g/mol. The van der Waals surface area contributed by atoms with Crippen molar-refractivity contribution in [2.24, 2.45) is 0 Å². The number of hydrogen-bond acceptors (Lipinski definition) is 7. The maximum Gasteiger partial charge on any atom is 0.135 e. The maximum absolute atomic E-state index is 7.82. The first-order chi connectivity index (χ1) is 53.5. The fraction of sp³-hybridized carbons (Fsp3) is 0.330. The van der Waals surface area contributed by atoms with Crippen molar-refractivity contribution in [2.45, 2.75) is 211 Å². The molecule has 0 amide bonds. The van der Waals surface area contributed by atoms with E-state index in [9.17, 15) is 0 Å². The van der Waals surface area contributed by atoms with Crippen molar-refractivity contribution in [1.29, 1.82) is 0 Å². The molecule has 540 valence electrons. The lowest BCUT2D eigenvalue weighted by Crippen LogP contribution is -2.16. The van der Waals surface area contributed by atoms with E-state index in [1.54, 1.807) is 31.3 Å². The van der Waals surface area contributed by atoms with E-state index in [2.05, 4.69) is 255 Å². The van der Waals surface area contributed by atoms with Gasteiger partial charge >= 0.3 is 0 Å². The number of aromatic nitrogens is 7. The van der Waals surface area contributed by atoms with E-state index in [4.69, 9.17) is 31.4 Å². The summed E-state index contributed by atoms with van der Waals surface area (Å²) in [7, 11) is 0. The van der Waals surface area contributed by atoms with Crippen LogP contribution in [0.3, 0.4) is 0 Å². The van der Waals surface area contributed by atoms with Crippen LogP contribution in [0.15, 0.2) is 255 Å². The molecule has 6 aromatic carbocycles. The Morgan fingerprint density at radius 3 is 1.02 bits per heavy atom. The van der Waals surface area contributed by atoms with Crippen LogP contribution in [0.1, 0.15) is 224 Å². The van der Waals surface area contributed by atoms with Gasteiger partial charge in [0, 0.05) is 102 Å². The molecule has 104 heavy (non-hydrogen) atoms. The summed E-state index contributed by atoms with van der Waals surface area (Å²) in [6, 6.07) is 79.0. The Hall–Kier alpha value is -9.85. The third-order valence-electron chi connectivity index (χ3n) is 17.0. The van der Waals surface area contributed by atoms with Gasteiger partial charge in [0.2, 0.25) is 0 Å². The van der Waals surface area contributed by atoms with Crippen LogP contribution in [0.25, 0.3) is 67.3 Å². The summed E-state index contributed by atoms with van der Waals surface area (Å²) >= 11 is 0. The predicted molar refractivity (Wildman–Crippen MR) is 446 cm³/mol. The average Bonchev–Trinajstić information content (AvgIpc) is 0.786. The summed E-state index contributed by atoms with van der Waals surface area (Å²) in [5, 5.41) is 0. The molecule has 0 saturated heterocycles. The van der Waals surface area contributed by atoms with Crippen molar-refractivity contribution in [3.8, 4) is 67.3 Å². The van der Waals surface area contributed by atoms with E-state index >= 15 is 0 Å². The molecule has 0 aliphatic rings.